The van der Waals surface area contributed by atoms with Crippen molar-refractivity contribution in [1.82, 2.24) is 5.32 Å². The molecule has 0 aliphatic carbocycles. The molecule has 0 spiro atoms. The zero-order chi connectivity index (χ0) is 23.4. The lowest BCUT2D eigenvalue weighted by atomic mass is 9.80. The minimum atomic E-state index is -1.65. The van der Waals surface area contributed by atoms with Crippen LogP contribution in [0.15, 0.2) is 42.5 Å². The molecule has 0 saturated carbocycles. The van der Waals surface area contributed by atoms with Crippen molar-refractivity contribution in [2.24, 2.45) is 11.8 Å². The maximum atomic E-state index is 13.5. The van der Waals surface area contributed by atoms with Gasteiger partial charge in [-0.15, -0.1) is 0 Å². The molecule has 2 fully saturated rings. The number of ether oxygens (including phenoxy) is 1. The van der Waals surface area contributed by atoms with Crippen molar-refractivity contribution >= 4 is 41.0 Å². The first-order valence-corrected chi connectivity index (χ1v) is 10.4. The summed E-state index contributed by atoms with van der Waals surface area (Å²) >= 11 is 6.20. The second kappa shape index (κ2) is 7.72. The van der Waals surface area contributed by atoms with Crippen molar-refractivity contribution in [3.8, 4) is 5.75 Å². The third-order valence-electron chi connectivity index (χ3n) is 6.15. The Labute approximate surface area is 189 Å². The Kier molecular flexibility index (Phi) is 5.30. The molecule has 0 radical (unpaired) electrons. The number of carboxylic acids is 1. The molecule has 2 N–H and O–H groups in total. The second-order valence-corrected chi connectivity index (χ2v) is 8.65. The molecule has 2 aromatic rings. The summed E-state index contributed by atoms with van der Waals surface area (Å²) in [6, 6.07) is 10.5. The van der Waals surface area contributed by atoms with Gasteiger partial charge >= 0.3 is 11.9 Å². The van der Waals surface area contributed by atoms with Crippen molar-refractivity contribution in [3.05, 3.63) is 58.6 Å². The zero-order valence-electron chi connectivity index (χ0n) is 17.6. The van der Waals surface area contributed by atoms with E-state index >= 15 is 0 Å². The van der Waals surface area contributed by atoms with Crippen molar-refractivity contribution in [2.75, 3.05) is 4.90 Å². The Balaban J connectivity index is 1.76. The highest BCUT2D eigenvalue weighted by Crippen LogP contribution is 2.50. The predicted molar refractivity (Wildman–Crippen MR) is 115 cm³/mol. The van der Waals surface area contributed by atoms with Gasteiger partial charge < -0.3 is 9.84 Å². The average Bonchev–Trinajstić information content (AvgIpc) is 3.18. The minimum Gasteiger partial charge on any atom is -0.480 e. The van der Waals surface area contributed by atoms with E-state index in [2.05, 4.69) is 5.32 Å². The number of rotatable bonds is 4. The van der Waals surface area contributed by atoms with Crippen LogP contribution in [0.3, 0.4) is 0 Å². The summed E-state index contributed by atoms with van der Waals surface area (Å²) < 4.78 is 5.04. The molecular formula is C23H21ClN2O6. The molecule has 0 aromatic heterocycles. The molecule has 166 valence electrons. The molecule has 2 amide bonds. The van der Waals surface area contributed by atoms with Crippen LogP contribution in [0, 0.1) is 18.8 Å². The summed E-state index contributed by atoms with van der Waals surface area (Å²) in [4.78, 5) is 51.2. The van der Waals surface area contributed by atoms with E-state index < -0.39 is 47.2 Å². The van der Waals surface area contributed by atoms with E-state index in [1.807, 2.05) is 0 Å². The molecule has 4 rings (SSSR count). The SMILES string of the molecule is CC(=O)Oc1ccc(C2NC(C)(C(=O)O)C3C(=O)N(c4ccc(C)c(Cl)c4)C(=O)C23)cc1. The van der Waals surface area contributed by atoms with E-state index in [1.54, 1.807) is 43.3 Å². The van der Waals surface area contributed by atoms with Gasteiger partial charge in [0, 0.05) is 18.0 Å². The molecule has 8 nitrogen and oxygen atoms in total. The number of aliphatic carboxylic acids is 1. The number of aryl methyl sites for hydroxylation is 1. The van der Waals surface area contributed by atoms with Crippen LogP contribution < -0.4 is 15.0 Å². The Morgan fingerprint density at radius 3 is 2.34 bits per heavy atom. The number of amides is 2. The molecule has 4 unspecified atom stereocenters. The predicted octanol–water partition coefficient (Wildman–Crippen LogP) is 2.87. The number of carbonyl (C=O) groups is 4. The number of halogens is 1. The summed E-state index contributed by atoms with van der Waals surface area (Å²) in [6.07, 6.45) is 0. The number of nitrogens with one attached hydrogen (secondary N) is 1. The van der Waals surface area contributed by atoms with Crippen LogP contribution in [0.5, 0.6) is 5.75 Å². The number of fused-ring (bicyclic) bond motifs is 1. The van der Waals surface area contributed by atoms with Gasteiger partial charge in [-0.2, -0.15) is 0 Å². The van der Waals surface area contributed by atoms with Crippen LogP contribution in [0.4, 0.5) is 5.69 Å². The van der Waals surface area contributed by atoms with E-state index in [1.165, 1.54) is 19.9 Å². The third kappa shape index (κ3) is 3.36. The van der Waals surface area contributed by atoms with Gasteiger partial charge in [-0.05, 0) is 49.2 Å². The molecule has 2 aliphatic heterocycles. The fourth-order valence-corrected chi connectivity index (χ4v) is 4.68. The van der Waals surface area contributed by atoms with Gasteiger partial charge in [-0.25, -0.2) is 4.90 Å². The highest BCUT2D eigenvalue weighted by molar-refractivity contribution is 6.32. The summed E-state index contributed by atoms with van der Waals surface area (Å²) in [6.45, 7) is 4.50. The Hall–Kier alpha value is -3.23. The van der Waals surface area contributed by atoms with Crippen LogP contribution in [0.1, 0.15) is 31.0 Å². The van der Waals surface area contributed by atoms with Crippen LogP contribution in [-0.2, 0) is 19.2 Å². The van der Waals surface area contributed by atoms with Gasteiger partial charge in [-0.1, -0.05) is 29.8 Å². The molecule has 2 heterocycles. The summed E-state index contributed by atoms with van der Waals surface area (Å²) in [5.41, 5.74) is 0.0462. The highest BCUT2D eigenvalue weighted by atomic mass is 35.5. The number of carboxylic acid groups (broad SMARTS) is 1. The van der Waals surface area contributed by atoms with Gasteiger partial charge in [-0.3, -0.25) is 24.5 Å². The lowest BCUT2D eigenvalue weighted by Gasteiger charge is -2.27. The number of imide groups is 1. The standard InChI is InChI=1S/C23H21ClN2O6/c1-11-4-7-14(10-16(11)24)26-20(28)17-18(21(26)29)23(3,22(30)31)25-19(17)13-5-8-15(9-6-13)32-12(2)27/h4-10,17-19,25H,1-3H3,(H,30,31). The number of hydrogen-bond acceptors (Lipinski definition) is 6. The molecule has 32 heavy (non-hydrogen) atoms. The normalized spacial score (nSPS) is 26.9. The van der Waals surface area contributed by atoms with E-state index in [9.17, 15) is 24.3 Å². The van der Waals surface area contributed by atoms with Crippen molar-refractivity contribution in [2.45, 2.75) is 32.4 Å². The molecule has 2 aliphatic rings. The van der Waals surface area contributed by atoms with E-state index in [-0.39, 0.29) is 0 Å². The number of carbonyl (C=O) groups excluding carboxylic acids is 3. The first-order chi connectivity index (χ1) is 15.0. The first kappa shape index (κ1) is 22.0. The maximum absolute atomic E-state index is 13.5. The fraction of sp³-hybridized carbons (Fsp3) is 0.304. The van der Waals surface area contributed by atoms with Gasteiger partial charge in [0.2, 0.25) is 11.8 Å². The fourth-order valence-electron chi connectivity index (χ4n) is 4.51. The molecule has 2 saturated heterocycles. The molecule has 0 bridgehead atoms. The minimum absolute atomic E-state index is 0.307. The lowest BCUT2D eigenvalue weighted by Crippen LogP contribution is -2.53. The van der Waals surface area contributed by atoms with Gasteiger partial charge in [0.05, 0.1) is 17.5 Å². The van der Waals surface area contributed by atoms with Crippen molar-refractivity contribution < 1.29 is 29.0 Å². The zero-order valence-corrected chi connectivity index (χ0v) is 18.3. The smallest absolute Gasteiger partial charge is 0.324 e. The van der Waals surface area contributed by atoms with Crippen LogP contribution in [0.2, 0.25) is 5.02 Å². The maximum Gasteiger partial charge on any atom is 0.324 e. The van der Waals surface area contributed by atoms with E-state index in [0.717, 1.165) is 10.5 Å². The lowest BCUT2D eigenvalue weighted by molar-refractivity contribution is -0.147. The first-order valence-electron chi connectivity index (χ1n) is 9.98. The molecule has 9 heteroatoms. The molecule has 4 atom stereocenters. The van der Waals surface area contributed by atoms with Gasteiger partial charge in [0.1, 0.15) is 11.3 Å². The number of benzene rings is 2. The topological polar surface area (TPSA) is 113 Å². The summed E-state index contributed by atoms with van der Waals surface area (Å²) in [5, 5.41) is 13.3. The largest absolute Gasteiger partial charge is 0.480 e. The second-order valence-electron chi connectivity index (χ2n) is 8.24. The van der Waals surface area contributed by atoms with Gasteiger partial charge in [0.15, 0.2) is 0 Å². The summed E-state index contributed by atoms with van der Waals surface area (Å²) in [7, 11) is 0. The van der Waals surface area contributed by atoms with E-state index in [4.69, 9.17) is 16.3 Å². The quantitative estimate of drug-likeness (QED) is 0.413. The van der Waals surface area contributed by atoms with Crippen molar-refractivity contribution in [3.63, 3.8) is 0 Å². The number of anilines is 1. The Morgan fingerprint density at radius 2 is 1.78 bits per heavy atom. The monoisotopic (exact) mass is 456 g/mol. The average molecular weight is 457 g/mol. The van der Waals surface area contributed by atoms with Crippen LogP contribution in [-0.4, -0.2) is 34.4 Å². The molecular weight excluding hydrogens is 436 g/mol. The number of nitrogens with zero attached hydrogens (tertiary/aromatic N) is 1. The third-order valence-corrected chi connectivity index (χ3v) is 6.55. The van der Waals surface area contributed by atoms with Crippen LogP contribution >= 0.6 is 11.6 Å². The van der Waals surface area contributed by atoms with E-state index in [0.29, 0.717) is 22.0 Å². The van der Waals surface area contributed by atoms with Gasteiger partial charge in [0.25, 0.3) is 0 Å². The Bertz CT molecular complexity index is 1150. The van der Waals surface area contributed by atoms with Crippen molar-refractivity contribution in [1.29, 1.82) is 0 Å². The summed E-state index contributed by atoms with van der Waals surface area (Å²) in [5.74, 6) is -4.49. The number of hydrogen-bond donors (Lipinski definition) is 2. The Morgan fingerprint density at radius 1 is 1.12 bits per heavy atom. The highest BCUT2D eigenvalue weighted by Gasteiger charge is 2.66. The molecule has 2 aromatic carbocycles. The van der Waals surface area contributed by atoms with Crippen LogP contribution in [0.25, 0.3) is 0 Å². The number of esters is 1.